The normalized spacial score (nSPS) is 18.4. The molecule has 8 heteroatoms. The number of carbonyl (C=O) groups excluding carboxylic acids is 1. The number of hydrogen-bond donors (Lipinski definition) is 1. The van der Waals surface area contributed by atoms with Gasteiger partial charge in [-0.25, -0.2) is 9.67 Å². The number of pyridine rings is 1. The summed E-state index contributed by atoms with van der Waals surface area (Å²) in [4.78, 5) is 20.3. The Kier molecular flexibility index (Phi) is 7.86. The molecule has 0 bridgehead atoms. The highest BCUT2D eigenvalue weighted by atomic mass is 35.5. The highest BCUT2D eigenvalue weighted by Gasteiger charge is 2.33. The largest absolute Gasteiger partial charge is 0.336 e. The summed E-state index contributed by atoms with van der Waals surface area (Å²) in [6, 6.07) is 12.2. The van der Waals surface area contributed by atoms with Crippen LogP contribution in [0.15, 0.2) is 42.6 Å². The van der Waals surface area contributed by atoms with Crippen LogP contribution in [-0.2, 0) is 0 Å². The summed E-state index contributed by atoms with van der Waals surface area (Å²) in [6.07, 6.45) is 2.72. The number of aromatic nitrogens is 3. The first-order valence-electron chi connectivity index (χ1n) is 9.94. The predicted molar refractivity (Wildman–Crippen MR) is 126 cm³/mol. The lowest BCUT2D eigenvalue weighted by Crippen LogP contribution is -2.34. The second kappa shape index (κ2) is 9.77. The maximum Gasteiger partial charge on any atom is 0.254 e. The van der Waals surface area contributed by atoms with Crippen molar-refractivity contribution in [2.24, 2.45) is 11.7 Å². The third kappa shape index (κ3) is 4.31. The zero-order chi connectivity index (χ0) is 19.8. The Hall–Kier alpha value is -2.15. The summed E-state index contributed by atoms with van der Waals surface area (Å²) < 4.78 is 1.88. The summed E-state index contributed by atoms with van der Waals surface area (Å²) in [5.41, 5.74) is 9.06. The Bertz CT molecular complexity index is 1010. The van der Waals surface area contributed by atoms with Crippen molar-refractivity contribution in [3.8, 4) is 11.3 Å². The smallest absolute Gasteiger partial charge is 0.254 e. The lowest BCUT2D eigenvalue weighted by molar-refractivity contribution is 0.0745. The molecule has 0 aliphatic carbocycles. The molecule has 1 fully saturated rings. The molecule has 2 unspecified atom stereocenters. The van der Waals surface area contributed by atoms with Gasteiger partial charge in [0.15, 0.2) is 5.65 Å². The molecule has 1 saturated heterocycles. The first-order valence-corrected chi connectivity index (χ1v) is 9.94. The fourth-order valence-electron chi connectivity index (χ4n) is 4.08. The number of nitrogens with two attached hydrogens (primary N) is 1. The van der Waals surface area contributed by atoms with Crippen molar-refractivity contribution in [3.63, 3.8) is 0 Å². The highest BCUT2D eigenvalue weighted by molar-refractivity contribution is 6.06. The van der Waals surface area contributed by atoms with E-state index in [1.165, 1.54) is 0 Å². The van der Waals surface area contributed by atoms with Crippen LogP contribution in [0.5, 0.6) is 0 Å². The zero-order valence-corrected chi connectivity index (χ0v) is 19.1. The molecule has 4 rings (SSSR count). The van der Waals surface area contributed by atoms with Crippen molar-refractivity contribution < 1.29 is 4.79 Å². The van der Waals surface area contributed by atoms with Gasteiger partial charge in [-0.2, -0.15) is 5.10 Å². The Balaban J connectivity index is 0.00000160. The fourth-order valence-corrected chi connectivity index (χ4v) is 4.08. The molecule has 0 spiro atoms. The van der Waals surface area contributed by atoms with Gasteiger partial charge in [0.25, 0.3) is 5.91 Å². The lowest BCUT2D eigenvalue weighted by Gasteiger charge is -2.22. The van der Waals surface area contributed by atoms with E-state index in [-0.39, 0.29) is 42.8 Å². The van der Waals surface area contributed by atoms with Crippen LogP contribution in [0.1, 0.15) is 43.6 Å². The minimum atomic E-state index is 0. The summed E-state index contributed by atoms with van der Waals surface area (Å²) in [5.74, 6) is 0.402. The summed E-state index contributed by atoms with van der Waals surface area (Å²) in [5, 5.41) is 5.32. The van der Waals surface area contributed by atoms with E-state index < -0.39 is 0 Å². The molecule has 3 aromatic rings. The average Bonchev–Trinajstić information content (AvgIpc) is 3.30. The van der Waals surface area contributed by atoms with Crippen LogP contribution in [-0.4, -0.2) is 44.7 Å². The molecule has 2 N–H and O–H groups in total. The molecular weight excluding hydrogens is 421 g/mol. The first-order chi connectivity index (χ1) is 13.5. The lowest BCUT2D eigenvalue weighted by atomic mass is 10.1. The van der Waals surface area contributed by atoms with Crippen molar-refractivity contribution in [2.45, 2.75) is 39.3 Å². The van der Waals surface area contributed by atoms with E-state index in [0.29, 0.717) is 24.6 Å². The highest BCUT2D eigenvalue weighted by Crippen LogP contribution is 2.30. The number of halogens is 2. The number of fused-ring (bicyclic) bond motifs is 1. The molecule has 0 saturated carbocycles. The monoisotopic (exact) mass is 449 g/mol. The quantitative estimate of drug-likeness (QED) is 0.642. The molecule has 6 nitrogen and oxygen atoms in total. The molecule has 162 valence electrons. The van der Waals surface area contributed by atoms with Gasteiger partial charge in [-0.1, -0.05) is 30.3 Å². The Morgan fingerprint density at radius 3 is 2.53 bits per heavy atom. The van der Waals surface area contributed by atoms with E-state index in [2.05, 4.69) is 25.9 Å². The van der Waals surface area contributed by atoms with E-state index >= 15 is 0 Å². The third-order valence-corrected chi connectivity index (χ3v) is 5.61. The van der Waals surface area contributed by atoms with Crippen LogP contribution in [0.2, 0.25) is 0 Å². The van der Waals surface area contributed by atoms with Crippen molar-refractivity contribution in [1.82, 2.24) is 19.7 Å². The maximum absolute atomic E-state index is 13.5. The van der Waals surface area contributed by atoms with Gasteiger partial charge in [-0.05, 0) is 45.7 Å². The Morgan fingerprint density at radius 1 is 1.23 bits per heavy atom. The molecule has 2 aromatic heterocycles. The van der Waals surface area contributed by atoms with Gasteiger partial charge in [0.1, 0.15) is 0 Å². The summed E-state index contributed by atoms with van der Waals surface area (Å²) >= 11 is 0. The van der Waals surface area contributed by atoms with E-state index in [0.717, 1.165) is 28.7 Å². The summed E-state index contributed by atoms with van der Waals surface area (Å²) in [6.45, 7) is 7.56. The van der Waals surface area contributed by atoms with Crippen LogP contribution in [0.25, 0.3) is 22.3 Å². The molecule has 1 aliphatic heterocycles. The third-order valence-electron chi connectivity index (χ3n) is 5.61. The van der Waals surface area contributed by atoms with Gasteiger partial charge in [0.05, 0.1) is 22.8 Å². The number of likely N-dealkylation sites (tertiary alicyclic amines) is 1. The van der Waals surface area contributed by atoms with E-state index in [1.807, 2.05) is 46.0 Å². The van der Waals surface area contributed by atoms with Gasteiger partial charge >= 0.3 is 0 Å². The molecule has 30 heavy (non-hydrogen) atoms. The van der Waals surface area contributed by atoms with E-state index in [1.54, 1.807) is 6.20 Å². The molecular formula is C22H29Cl2N5O. The standard InChI is InChI=1S/C22H27N5O.2ClH/c1-14(2)27-21-19(12-24-27)18(10-20(25-21)17-7-5-4-6-8-17)22(28)26-13-16(11-23)9-15(26)3;;/h4-8,10,12,14-16H,9,11,13,23H2,1-3H3;2*1H. The molecule has 1 amide bonds. The van der Waals surface area contributed by atoms with Crippen LogP contribution in [0.4, 0.5) is 0 Å². The average molecular weight is 450 g/mol. The molecule has 2 atom stereocenters. The van der Waals surface area contributed by atoms with Crippen molar-refractivity contribution in [3.05, 3.63) is 48.2 Å². The van der Waals surface area contributed by atoms with Crippen molar-refractivity contribution in [2.75, 3.05) is 13.1 Å². The fraction of sp³-hybridized carbons (Fsp3) is 0.409. The van der Waals surface area contributed by atoms with Gasteiger partial charge in [-0.15, -0.1) is 24.8 Å². The number of carbonyl (C=O) groups is 1. The molecule has 1 aliphatic rings. The Morgan fingerprint density at radius 2 is 1.93 bits per heavy atom. The predicted octanol–water partition coefficient (Wildman–Crippen LogP) is 4.33. The second-order valence-electron chi connectivity index (χ2n) is 7.99. The van der Waals surface area contributed by atoms with Crippen LogP contribution in [0, 0.1) is 5.92 Å². The van der Waals surface area contributed by atoms with Crippen LogP contribution >= 0.6 is 24.8 Å². The van der Waals surface area contributed by atoms with Gasteiger partial charge in [-0.3, -0.25) is 4.79 Å². The topological polar surface area (TPSA) is 77.0 Å². The number of rotatable bonds is 4. The van der Waals surface area contributed by atoms with Gasteiger partial charge in [0.2, 0.25) is 0 Å². The molecule has 0 radical (unpaired) electrons. The Labute approximate surface area is 189 Å². The van der Waals surface area contributed by atoms with Crippen molar-refractivity contribution >= 4 is 41.8 Å². The maximum atomic E-state index is 13.5. The van der Waals surface area contributed by atoms with Gasteiger partial charge in [0, 0.05) is 24.2 Å². The first kappa shape index (κ1) is 24.1. The number of amides is 1. The van der Waals surface area contributed by atoms with E-state index in [4.69, 9.17) is 10.7 Å². The minimum Gasteiger partial charge on any atom is -0.336 e. The minimum absolute atomic E-state index is 0. The van der Waals surface area contributed by atoms with Crippen LogP contribution in [0.3, 0.4) is 0 Å². The zero-order valence-electron chi connectivity index (χ0n) is 17.5. The number of nitrogens with zero attached hydrogens (tertiary/aromatic N) is 4. The number of benzene rings is 1. The molecule has 3 heterocycles. The molecule has 1 aromatic carbocycles. The second-order valence-corrected chi connectivity index (χ2v) is 7.99. The van der Waals surface area contributed by atoms with E-state index in [9.17, 15) is 4.79 Å². The summed E-state index contributed by atoms with van der Waals surface area (Å²) in [7, 11) is 0. The van der Waals surface area contributed by atoms with Crippen LogP contribution < -0.4 is 5.73 Å². The van der Waals surface area contributed by atoms with Gasteiger partial charge < -0.3 is 10.6 Å². The number of hydrogen-bond acceptors (Lipinski definition) is 4. The SMILES string of the molecule is CC1CC(CN)CN1C(=O)c1cc(-c2ccccc2)nc2c1cnn2C(C)C.Cl.Cl. The van der Waals surface area contributed by atoms with Crippen molar-refractivity contribution in [1.29, 1.82) is 0 Å².